The van der Waals surface area contributed by atoms with E-state index in [4.69, 9.17) is 16.3 Å². The van der Waals surface area contributed by atoms with Crippen molar-refractivity contribution in [3.05, 3.63) is 58.7 Å². The molecule has 1 N–H and O–H groups in total. The summed E-state index contributed by atoms with van der Waals surface area (Å²) < 4.78 is 5.36. The summed E-state index contributed by atoms with van der Waals surface area (Å²) in [7, 11) is 0. The lowest BCUT2D eigenvalue weighted by atomic mass is 9.97. The van der Waals surface area contributed by atoms with E-state index in [2.05, 4.69) is 39.5 Å². The number of nitrogens with zero attached hydrogens (tertiary/aromatic N) is 2. The molecule has 1 amide bonds. The molecule has 0 spiro atoms. The number of hydrogen-bond donors (Lipinski definition) is 1. The second kappa shape index (κ2) is 9.72. The number of halogens is 1. The van der Waals surface area contributed by atoms with Gasteiger partial charge in [0, 0.05) is 25.7 Å². The van der Waals surface area contributed by atoms with Crippen molar-refractivity contribution in [1.82, 2.24) is 15.2 Å². The van der Waals surface area contributed by atoms with Crippen LogP contribution in [0.2, 0.25) is 5.02 Å². The molecule has 2 aromatic rings. The molecule has 1 fully saturated rings. The summed E-state index contributed by atoms with van der Waals surface area (Å²) in [6.07, 6.45) is 2.26. The minimum absolute atomic E-state index is 0.222. The predicted octanol–water partition coefficient (Wildman–Crippen LogP) is 3.78. The van der Waals surface area contributed by atoms with Crippen molar-refractivity contribution in [2.45, 2.75) is 26.3 Å². The van der Waals surface area contributed by atoms with Gasteiger partial charge in [-0.25, -0.2) is 4.98 Å². The molecule has 0 aliphatic carbocycles. The molecule has 27 heavy (non-hydrogen) atoms. The Bertz CT molecular complexity index is 754. The molecule has 0 radical (unpaired) electrons. The lowest BCUT2D eigenvalue weighted by molar-refractivity contribution is 0.0924. The third-order valence-electron chi connectivity index (χ3n) is 4.73. The van der Waals surface area contributed by atoms with Gasteiger partial charge in [-0.15, -0.1) is 0 Å². The molecule has 5 nitrogen and oxygen atoms in total. The van der Waals surface area contributed by atoms with E-state index in [1.807, 2.05) is 13.0 Å². The number of carbonyl (C=O) groups excluding carboxylic acids is 1. The monoisotopic (exact) mass is 387 g/mol. The first-order valence-electron chi connectivity index (χ1n) is 9.49. The van der Waals surface area contributed by atoms with Crippen LogP contribution in [0.15, 0.2) is 42.5 Å². The van der Waals surface area contributed by atoms with Crippen molar-refractivity contribution in [2.75, 3.05) is 26.2 Å². The fourth-order valence-corrected chi connectivity index (χ4v) is 3.63. The average Bonchev–Trinajstić information content (AvgIpc) is 2.69. The van der Waals surface area contributed by atoms with Gasteiger partial charge in [-0.1, -0.05) is 41.9 Å². The summed E-state index contributed by atoms with van der Waals surface area (Å²) in [5.41, 5.74) is 1.55. The third kappa shape index (κ3) is 5.68. The van der Waals surface area contributed by atoms with Crippen LogP contribution in [0.5, 0.6) is 5.88 Å². The van der Waals surface area contributed by atoms with Gasteiger partial charge in [0.15, 0.2) is 5.69 Å². The maximum absolute atomic E-state index is 12.5. The molecule has 0 bridgehead atoms. The second-order valence-electron chi connectivity index (χ2n) is 6.85. The first kappa shape index (κ1) is 19.6. The Morgan fingerprint density at radius 1 is 1.30 bits per heavy atom. The number of carbonyl (C=O) groups is 1. The molecule has 1 aromatic heterocycles. The van der Waals surface area contributed by atoms with Crippen LogP contribution in [0.3, 0.4) is 0 Å². The van der Waals surface area contributed by atoms with E-state index >= 15 is 0 Å². The van der Waals surface area contributed by atoms with Gasteiger partial charge in [-0.3, -0.25) is 9.69 Å². The van der Waals surface area contributed by atoms with E-state index in [1.54, 1.807) is 12.1 Å². The van der Waals surface area contributed by atoms with Crippen LogP contribution in [-0.2, 0) is 6.54 Å². The summed E-state index contributed by atoms with van der Waals surface area (Å²) in [5.74, 6) is 0.598. The van der Waals surface area contributed by atoms with Crippen molar-refractivity contribution < 1.29 is 9.53 Å². The molecule has 1 aliphatic heterocycles. The first-order valence-corrected chi connectivity index (χ1v) is 9.87. The molecule has 3 rings (SSSR count). The normalized spacial score (nSPS) is 17.5. The van der Waals surface area contributed by atoms with E-state index < -0.39 is 0 Å². The number of pyridine rings is 1. The van der Waals surface area contributed by atoms with Crippen molar-refractivity contribution in [1.29, 1.82) is 0 Å². The Kier molecular flexibility index (Phi) is 7.07. The van der Waals surface area contributed by atoms with Crippen LogP contribution in [-0.4, -0.2) is 42.0 Å². The van der Waals surface area contributed by atoms with Gasteiger partial charge >= 0.3 is 0 Å². The van der Waals surface area contributed by atoms with Crippen LogP contribution in [0, 0.1) is 5.92 Å². The number of ether oxygens (including phenoxy) is 1. The smallest absolute Gasteiger partial charge is 0.271 e. The Morgan fingerprint density at radius 2 is 2.11 bits per heavy atom. The van der Waals surface area contributed by atoms with Gasteiger partial charge < -0.3 is 10.1 Å². The van der Waals surface area contributed by atoms with Crippen molar-refractivity contribution in [2.24, 2.45) is 5.92 Å². The standard InChI is InChI=1S/C21H26ClN3O2/c1-2-27-19-11-10-18(22)20(24-19)21(26)23-13-17-9-6-12-25(15-17)14-16-7-4-3-5-8-16/h3-5,7-8,10-11,17H,2,6,9,12-15H2,1H3,(H,23,26). The first-order chi connectivity index (χ1) is 13.2. The fourth-order valence-electron chi connectivity index (χ4n) is 3.44. The number of likely N-dealkylation sites (tertiary alicyclic amines) is 1. The van der Waals surface area contributed by atoms with E-state index in [-0.39, 0.29) is 11.6 Å². The summed E-state index contributed by atoms with van der Waals surface area (Å²) >= 11 is 6.14. The molecule has 144 valence electrons. The quantitative estimate of drug-likeness (QED) is 0.785. The predicted molar refractivity (Wildman–Crippen MR) is 107 cm³/mol. The molecule has 2 heterocycles. The Labute approximate surface area is 165 Å². The number of hydrogen-bond acceptors (Lipinski definition) is 4. The minimum Gasteiger partial charge on any atom is -0.478 e. The zero-order valence-electron chi connectivity index (χ0n) is 15.7. The van der Waals surface area contributed by atoms with Crippen molar-refractivity contribution in [3.63, 3.8) is 0 Å². The number of benzene rings is 1. The fraction of sp³-hybridized carbons (Fsp3) is 0.429. The van der Waals surface area contributed by atoms with Crippen molar-refractivity contribution in [3.8, 4) is 5.88 Å². The van der Waals surface area contributed by atoms with Crippen LogP contribution in [0.4, 0.5) is 0 Å². The molecule has 1 unspecified atom stereocenters. The highest BCUT2D eigenvalue weighted by atomic mass is 35.5. The maximum atomic E-state index is 12.5. The van der Waals surface area contributed by atoms with Gasteiger partial charge in [0.1, 0.15) is 0 Å². The highest BCUT2D eigenvalue weighted by Crippen LogP contribution is 2.20. The summed E-state index contributed by atoms with van der Waals surface area (Å²) in [6, 6.07) is 13.8. The number of piperidine rings is 1. The average molecular weight is 388 g/mol. The third-order valence-corrected chi connectivity index (χ3v) is 5.04. The molecule has 1 atom stereocenters. The highest BCUT2D eigenvalue weighted by molar-refractivity contribution is 6.33. The zero-order chi connectivity index (χ0) is 19.1. The minimum atomic E-state index is -0.248. The highest BCUT2D eigenvalue weighted by Gasteiger charge is 2.21. The van der Waals surface area contributed by atoms with Crippen LogP contribution >= 0.6 is 11.6 Å². The maximum Gasteiger partial charge on any atom is 0.271 e. The lowest BCUT2D eigenvalue weighted by Gasteiger charge is -2.32. The number of amides is 1. The van der Waals surface area contributed by atoms with Gasteiger partial charge in [-0.2, -0.15) is 0 Å². The lowest BCUT2D eigenvalue weighted by Crippen LogP contribution is -2.40. The summed E-state index contributed by atoms with van der Waals surface area (Å²) in [6.45, 7) is 6.03. The molecule has 0 saturated carbocycles. The zero-order valence-corrected chi connectivity index (χ0v) is 16.4. The van der Waals surface area contributed by atoms with E-state index in [1.165, 1.54) is 5.56 Å². The SMILES string of the molecule is CCOc1ccc(Cl)c(C(=O)NCC2CCCN(Cc3ccccc3)C2)n1. The molecular formula is C21H26ClN3O2. The van der Waals surface area contributed by atoms with E-state index in [9.17, 15) is 4.79 Å². The van der Waals surface area contributed by atoms with Gasteiger partial charge in [0.2, 0.25) is 5.88 Å². The molecule has 1 saturated heterocycles. The number of nitrogens with one attached hydrogen (secondary N) is 1. The largest absolute Gasteiger partial charge is 0.478 e. The molecule has 6 heteroatoms. The number of aromatic nitrogens is 1. The van der Waals surface area contributed by atoms with Crippen molar-refractivity contribution >= 4 is 17.5 Å². The number of rotatable bonds is 7. The Balaban J connectivity index is 1.53. The molecular weight excluding hydrogens is 362 g/mol. The Morgan fingerprint density at radius 3 is 2.89 bits per heavy atom. The molecule has 1 aromatic carbocycles. The Hall–Kier alpha value is -2.11. The topological polar surface area (TPSA) is 54.5 Å². The van der Waals surface area contributed by atoms with Gasteiger partial charge in [-0.05, 0) is 43.9 Å². The van der Waals surface area contributed by atoms with Crippen LogP contribution in [0.1, 0.15) is 35.8 Å². The van der Waals surface area contributed by atoms with E-state index in [0.29, 0.717) is 30.0 Å². The molecule has 1 aliphatic rings. The summed E-state index contributed by atoms with van der Waals surface area (Å²) in [4.78, 5) is 19.2. The van der Waals surface area contributed by atoms with Gasteiger partial charge in [0.25, 0.3) is 5.91 Å². The van der Waals surface area contributed by atoms with Crippen LogP contribution < -0.4 is 10.1 Å². The second-order valence-corrected chi connectivity index (χ2v) is 7.26. The van der Waals surface area contributed by atoms with Gasteiger partial charge in [0.05, 0.1) is 11.6 Å². The summed E-state index contributed by atoms with van der Waals surface area (Å²) in [5, 5.41) is 3.33. The van der Waals surface area contributed by atoms with E-state index in [0.717, 1.165) is 32.5 Å². The van der Waals surface area contributed by atoms with Crippen LogP contribution in [0.25, 0.3) is 0 Å².